The molecule has 0 aliphatic rings. The molecule has 1 N–H and O–H groups in total. The Balaban J connectivity index is 3.16. The number of ketones is 1. The van der Waals surface area contributed by atoms with E-state index in [1.54, 1.807) is 18.2 Å². The van der Waals surface area contributed by atoms with Crippen LogP contribution in [0.25, 0.3) is 0 Å². The quantitative estimate of drug-likeness (QED) is 0.783. The highest BCUT2D eigenvalue weighted by molar-refractivity contribution is 6.30. The van der Waals surface area contributed by atoms with E-state index in [1.807, 2.05) is 6.92 Å². The van der Waals surface area contributed by atoms with Crippen LogP contribution in [0.5, 0.6) is 5.75 Å². The third-order valence-corrected chi connectivity index (χ3v) is 2.68. The van der Waals surface area contributed by atoms with E-state index in [0.717, 1.165) is 12.0 Å². The van der Waals surface area contributed by atoms with Crippen LogP contribution in [0.1, 0.15) is 30.4 Å². The molecule has 0 amide bonds. The van der Waals surface area contributed by atoms with Gasteiger partial charge >= 0.3 is 0 Å². The number of aromatic hydroxyl groups is 1. The second kappa shape index (κ2) is 4.47. The van der Waals surface area contributed by atoms with Crippen molar-refractivity contribution in [3.05, 3.63) is 29.3 Å². The van der Waals surface area contributed by atoms with Crippen molar-refractivity contribution in [2.75, 3.05) is 0 Å². The molecule has 0 saturated heterocycles. The van der Waals surface area contributed by atoms with E-state index in [0.29, 0.717) is 5.56 Å². The summed E-state index contributed by atoms with van der Waals surface area (Å²) in [5.41, 5.74) is 1.71. The summed E-state index contributed by atoms with van der Waals surface area (Å²) < 4.78 is 0. The molecule has 1 rings (SSSR count). The number of alkyl halides is 1. The summed E-state index contributed by atoms with van der Waals surface area (Å²) in [5, 5.41) is 8.64. The number of hydrogen-bond acceptors (Lipinski definition) is 2. The highest BCUT2D eigenvalue weighted by Gasteiger charge is 2.16. The summed E-state index contributed by atoms with van der Waals surface area (Å²) in [7, 11) is 0. The Morgan fingerprint density at radius 2 is 2.21 bits per heavy atom. The maximum Gasteiger partial charge on any atom is 0.152 e. The second-order valence-corrected chi connectivity index (χ2v) is 3.65. The van der Waals surface area contributed by atoms with Crippen LogP contribution < -0.4 is 0 Å². The van der Waals surface area contributed by atoms with E-state index in [1.165, 1.54) is 6.92 Å². The van der Waals surface area contributed by atoms with Gasteiger partial charge in [0.2, 0.25) is 0 Å². The standard InChI is InChI=1S/C11H13ClO2/c1-3-8-4-5-9(14)6-10(8)11(12)7(2)13/h4-6,11,14H,3H2,1-2H3. The Morgan fingerprint density at radius 3 is 2.71 bits per heavy atom. The van der Waals surface area contributed by atoms with E-state index in [-0.39, 0.29) is 11.5 Å². The molecule has 0 aromatic heterocycles. The molecule has 0 heterocycles. The summed E-state index contributed by atoms with van der Waals surface area (Å²) in [5.74, 6) is 0.0380. The zero-order chi connectivity index (χ0) is 10.7. The lowest BCUT2D eigenvalue weighted by molar-refractivity contribution is -0.116. The van der Waals surface area contributed by atoms with Gasteiger partial charge in [0.15, 0.2) is 5.78 Å². The van der Waals surface area contributed by atoms with Gasteiger partial charge in [0.1, 0.15) is 11.1 Å². The van der Waals surface area contributed by atoms with Gasteiger partial charge in [-0.25, -0.2) is 0 Å². The summed E-state index contributed by atoms with van der Waals surface area (Å²) in [6.07, 6.45) is 0.798. The average molecular weight is 213 g/mol. The molecular weight excluding hydrogens is 200 g/mol. The van der Waals surface area contributed by atoms with Crippen molar-refractivity contribution in [3.63, 3.8) is 0 Å². The first-order chi connectivity index (χ1) is 6.56. The number of phenolic OH excluding ortho intramolecular Hbond substituents is 1. The smallest absolute Gasteiger partial charge is 0.152 e. The average Bonchev–Trinajstić information content (AvgIpc) is 2.16. The Bertz CT molecular complexity index is 347. The van der Waals surface area contributed by atoms with Gasteiger partial charge in [0, 0.05) is 0 Å². The number of aryl methyl sites for hydroxylation is 1. The van der Waals surface area contributed by atoms with Crippen LogP contribution in [0.4, 0.5) is 0 Å². The number of carbonyl (C=O) groups excluding carboxylic acids is 1. The third kappa shape index (κ3) is 2.26. The number of hydrogen-bond donors (Lipinski definition) is 1. The van der Waals surface area contributed by atoms with E-state index < -0.39 is 5.38 Å². The fourth-order valence-corrected chi connectivity index (χ4v) is 1.56. The Morgan fingerprint density at radius 1 is 1.57 bits per heavy atom. The molecule has 0 aliphatic carbocycles. The molecule has 2 nitrogen and oxygen atoms in total. The van der Waals surface area contributed by atoms with E-state index in [4.69, 9.17) is 11.6 Å². The maximum atomic E-state index is 11.1. The molecule has 0 saturated carbocycles. The predicted molar refractivity (Wildman–Crippen MR) is 56.8 cm³/mol. The van der Waals surface area contributed by atoms with Crippen molar-refractivity contribution in [3.8, 4) is 5.75 Å². The van der Waals surface area contributed by atoms with Gasteiger partial charge in [0.25, 0.3) is 0 Å². The lowest BCUT2D eigenvalue weighted by Gasteiger charge is -2.11. The van der Waals surface area contributed by atoms with E-state index >= 15 is 0 Å². The van der Waals surface area contributed by atoms with Crippen LogP contribution in [0, 0.1) is 0 Å². The fraction of sp³-hybridized carbons (Fsp3) is 0.364. The van der Waals surface area contributed by atoms with Crippen molar-refractivity contribution in [2.24, 2.45) is 0 Å². The fourth-order valence-electron chi connectivity index (χ4n) is 1.36. The molecule has 14 heavy (non-hydrogen) atoms. The highest BCUT2D eigenvalue weighted by atomic mass is 35.5. The molecule has 0 spiro atoms. The molecule has 76 valence electrons. The molecule has 0 radical (unpaired) electrons. The SMILES string of the molecule is CCc1ccc(O)cc1C(Cl)C(C)=O. The van der Waals surface area contributed by atoms with Crippen LogP contribution in [-0.4, -0.2) is 10.9 Å². The first-order valence-corrected chi connectivity index (χ1v) is 4.96. The van der Waals surface area contributed by atoms with Crippen molar-refractivity contribution in [1.82, 2.24) is 0 Å². The molecule has 3 heteroatoms. The molecule has 1 unspecified atom stereocenters. The molecular formula is C11H13ClO2. The maximum absolute atomic E-state index is 11.1. The molecule has 1 atom stereocenters. The van der Waals surface area contributed by atoms with Gasteiger partial charge in [-0.3, -0.25) is 4.79 Å². The van der Waals surface area contributed by atoms with E-state index in [9.17, 15) is 9.90 Å². The van der Waals surface area contributed by atoms with E-state index in [2.05, 4.69) is 0 Å². The van der Waals surface area contributed by atoms with Gasteiger partial charge in [-0.1, -0.05) is 13.0 Å². The van der Waals surface area contributed by atoms with Crippen molar-refractivity contribution in [2.45, 2.75) is 25.6 Å². The number of halogens is 1. The zero-order valence-electron chi connectivity index (χ0n) is 8.25. The largest absolute Gasteiger partial charge is 0.508 e. The van der Waals surface area contributed by atoms with Gasteiger partial charge < -0.3 is 5.11 Å². The monoisotopic (exact) mass is 212 g/mol. The molecule has 1 aromatic rings. The molecule has 0 fully saturated rings. The zero-order valence-corrected chi connectivity index (χ0v) is 9.01. The number of benzene rings is 1. The van der Waals surface area contributed by atoms with Gasteiger partial charge in [0.05, 0.1) is 0 Å². The third-order valence-electron chi connectivity index (χ3n) is 2.14. The summed E-state index contributed by atoms with van der Waals surface area (Å²) in [6.45, 7) is 3.43. The Kier molecular flexibility index (Phi) is 3.53. The summed E-state index contributed by atoms with van der Waals surface area (Å²) in [4.78, 5) is 11.1. The summed E-state index contributed by atoms with van der Waals surface area (Å²) in [6, 6.07) is 4.95. The van der Waals surface area contributed by atoms with Crippen LogP contribution in [0.2, 0.25) is 0 Å². The van der Waals surface area contributed by atoms with Crippen molar-refractivity contribution < 1.29 is 9.90 Å². The van der Waals surface area contributed by atoms with Crippen LogP contribution in [0.3, 0.4) is 0 Å². The predicted octanol–water partition coefficient (Wildman–Crippen LogP) is 2.82. The Hall–Kier alpha value is -1.02. The topological polar surface area (TPSA) is 37.3 Å². The summed E-state index contributed by atoms with van der Waals surface area (Å²) >= 11 is 5.94. The number of rotatable bonds is 3. The lowest BCUT2D eigenvalue weighted by atomic mass is 10.00. The lowest BCUT2D eigenvalue weighted by Crippen LogP contribution is -2.04. The van der Waals surface area contributed by atoms with Crippen molar-refractivity contribution >= 4 is 17.4 Å². The molecule has 0 bridgehead atoms. The van der Waals surface area contributed by atoms with Gasteiger partial charge in [-0.05, 0) is 36.6 Å². The van der Waals surface area contributed by atoms with Crippen LogP contribution >= 0.6 is 11.6 Å². The Labute approximate surface area is 88.5 Å². The highest BCUT2D eigenvalue weighted by Crippen LogP contribution is 2.28. The van der Waals surface area contributed by atoms with Gasteiger partial charge in [-0.15, -0.1) is 11.6 Å². The van der Waals surface area contributed by atoms with Crippen molar-refractivity contribution in [1.29, 1.82) is 0 Å². The first kappa shape index (κ1) is 11.1. The normalized spacial score (nSPS) is 12.5. The number of carbonyl (C=O) groups is 1. The van der Waals surface area contributed by atoms with Crippen LogP contribution in [0.15, 0.2) is 18.2 Å². The number of Topliss-reactive ketones (excluding diaryl/α,β-unsaturated/α-hetero) is 1. The molecule has 1 aromatic carbocycles. The minimum atomic E-state index is -0.656. The van der Waals surface area contributed by atoms with Crippen LogP contribution in [-0.2, 0) is 11.2 Å². The minimum Gasteiger partial charge on any atom is -0.508 e. The number of phenols is 1. The minimum absolute atomic E-state index is 0.105. The van der Waals surface area contributed by atoms with Gasteiger partial charge in [-0.2, -0.15) is 0 Å². The second-order valence-electron chi connectivity index (χ2n) is 3.21. The first-order valence-electron chi connectivity index (χ1n) is 4.52. The molecule has 0 aliphatic heterocycles.